The van der Waals surface area contributed by atoms with E-state index in [0.717, 1.165) is 25.7 Å². The van der Waals surface area contributed by atoms with Crippen molar-refractivity contribution >= 4 is 22.4 Å². The van der Waals surface area contributed by atoms with Gasteiger partial charge in [-0.1, -0.05) is 31.8 Å². The molecule has 0 saturated heterocycles. The maximum absolute atomic E-state index is 12.7. The Bertz CT molecular complexity index is 962. The van der Waals surface area contributed by atoms with Crippen molar-refractivity contribution in [3.63, 3.8) is 0 Å². The molecule has 28 heavy (non-hydrogen) atoms. The molecule has 156 valence electrons. The molecule has 0 radical (unpaired) electrons. The van der Waals surface area contributed by atoms with E-state index in [-0.39, 0.29) is 35.3 Å². The van der Waals surface area contributed by atoms with Crippen molar-refractivity contribution in [1.82, 2.24) is 19.0 Å². The lowest BCUT2D eigenvalue weighted by molar-refractivity contribution is 0.343. The molecule has 1 fully saturated rings. The van der Waals surface area contributed by atoms with Crippen LogP contribution in [0.25, 0.3) is 0 Å². The first-order chi connectivity index (χ1) is 12.8. The quantitative estimate of drug-likeness (QED) is 0.703. The van der Waals surface area contributed by atoms with Gasteiger partial charge in [0.25, 0.3) is 5.56 Å². The molecule has 0 bridgehead atoms. The van der Waals surface area contributed by atoms with Gasteiger partial charge in [0, 0.05) is 25.4 Å². The Morgan fingerprint density at radius 3 is 2.50 bits per heavy atom. The second-order valence-corrected chi connectivity index (χ2v) is 8.73. The largest absolute Gasteiger partial charge is 0.337 e. The third-order valence-electron chi connectivity index (χ3n) is 5.01. The van der Waals surface area contributed by atoms with Crippen molar-refractivity contribution in [2.75, 3.05) is 13.1 Å². The number of sulfonamides is 1. The zero-order chi connectivity index (χ0) is 19.7. The molecule has 2 aromatic heterocycles. The summed E-state index contributed by atoms with van der Waals surface area (Å²) in [7, 11) is -3.66. The molecule has 2 N–H and O–H groups in total. The van der Waals surface area contributed by atoms with Crippen molar-refractivity contribution < 1.29 is 12.9 Å². The Balaban J connectivity index is 0.00000280. The minimum absolute atomic E-state index is 0. The summed E-state index contributed by atoms with van der Waals surface area (Å²) in [5.41, 5.74) is 5.39. The molecule has 0 spiro atoms. The zero-order valence-corrected chi connectivity index (χ0v) is 17.6. The lowest BCUT2D eigenvalue weighted by atomic mass is 9.99. The van der Waals surface area contributed by atoms with Gasteiger partial charge in [0.05, 0.1) is 10.4 Å². The lowest BCUT2D eigenvalue weighted by Crippen LogP contribution is -2.34. The minimum atomic E-state index is -3.66. The number of nitrogens with two attached hydrogens (primary N) is 1. The maximum atomic E-state index is 12.7. The fraction of sp³-hybridized carbons (Fsp3) is 0.588. The van der Waals surface area contributed by atoms with Crippen LogP contribution in [0, 0.1) is 0 Å². The summed E-state index contributed by atoms with van der Waals surface area (Å²) in [6, 6.07) is 2.55. The van der Waals surface area contributed by atoms with E-state index in [4.69, 9.17) is 10.3 Å². The van der Waals surface area contributed by atoms with Crippen LogP contribution in [-0.2, 0) is 22.1 Å². The van der Waals surface area contributed by atoms with Gasteiger partial charge in [-0.15, -0.1) is 12.4 Å². The van der Waals surface area contributed by atoms with Crippen molar-refractivity contribution in [2.45, 2.75) is 56.5 Å². The normalized spacial score (nSPS) is 16.3. The highest BCUT2D eigenvalue weighted by atomic mass is 35.5. The van der Waals surface area contributed by atoms with Crippen LogP contribution in [0.4, 0.5) is 0 Å². The second-order valence-electron chi connectivity index (χ2n) is 6.80. The molecule has 3 rings (SSSR count). The van der Waals surface area contributed by atoms with Gasteiger partial charge in [0.15, 0.2) is 5.82 Å². The second kappa shape index (κ2) is 8.73. The van der Waals surface area contributed by atoms with Crippen molar-refractivity contribution in [3.8, 4) is 0 Å². The van der Waals surface area contributed by atoms with Crippen LogP contribution < -0.4 is 11.3 Å². The van der Waals surface area contributed by atoms with Crippen LogP contribution in [0.2, 0.25) is 0 Å². The SMILES string of the molecule is CCN(CC)S(=O)(=O)c1ccc(=O)n(Cc2nc(C3(N)CCCC3)no2)c1.Cl. The lowest BCUT2D eigenvalue weighted by Gasteiger charge is -2.18. The van der Waals surface area contributed by atoms with Crippen LogP contribution in [-0.4, -0.2) is 40.5 Å². The van der Waals surface area contributed by atoms with E-state index in [1.54, 1.807) is 13.8 Å². The van der Waals surface area contributed by atoms with Crippen LogP contribution in [0.5, 0.6) is 0 Å². The topological polar surface area (TPSA) is 124 Å². The van der Waals surface area contributed by atoms with Gasteiger partial charge in [0.2, 0.25) is 15.9 Å². The summed E-state index contributed by atoms with van der Waals surface area (Å²) in [6.07, 6.45) is 4.94. The molecule has 0 unspecified atom stereocenters. The molecule has 0 amide bonds. The van der Waals surface area contributed by atoms with Crippen LogP contribution in [0.3, 0.4) is 0 Å². The summed E-state index contributed by atoms with van der Waals surface area (Å²) in [5.74, 6) is 0.663. The monoisotopic (exact) mass is 431 g/mol. The Morgan fingerprint density at radius 1 is 1.25 bits per heavy atom. The van der Waals surface area contributed by atoms with Gasteiger partial charge >= 0.3 is 0 Å². The molecular formula is C17H26ClN5O4S. The third-order valence-corrected chi connectivity index (χ3v) is 7.05. The Hall–Kier alpha value is -1.75. The maximum Gasteiger partial charge on any atom is 0.251 e. The summed E-state index contributed by atoms with van der Waals surface area (Å²) in [4.78, 5) is 16.6. The molecule has 2 aromatic rings. The Kier molecular flexibility index (Phi) is 7.02. The first-order valence-corrected chi connectivity index (χ1v) is 10.6. The van der Waals surface area contributed by atoms with Crippen molar-refractivity contribution in [3.05, 3.63) is 40.4 Å². The van der Waals surface area contributed by atoms with E-state index < -0.39 is 15.6 Å². The summed E-state index contributed by atoms with van der Waals surface area (Å²) in [5, 5.41) is 3.97. The number of aromatic nitrogens is 3. The minimum Gasteiger partial charge on any atom is -0.337 e. The number of pyridine rings is 1. The van der Waals surface area contributed by atoms with Gasteiger partial charge in [-0.25, -0.2) is 8.42 Å². The van der Waals surface area contributed by atoms with Gasteiger partial charge in [-0.2, -0.15) is 9.29 Å². The molecule has 0 aromatic carbocycles. The average molecular weight is 432 g/mol. The van der Waals surface area contributed by atoms with Gasteiger partial charge in [-0.3, -0.25) is 4.79 Å². The Labute approximate surface area is 170 Å². The van der Waals surface area contributed by atoms with Crippen molar-refractivity contribution in [2.24, 2.45) is 5.73 Å². The highest BCUT2D eigenvalue weighted by Crippen LogP contribution is 2.34. The highest BCUT2D eigenvalue weighted by Gasteiger charge is 2.36. The fourth-order valence-electron chi connectivity index (χ4n) is 3.39. The molecule has 0 aliphatic heterocycles. The summed E-state index contributed by atoms with van der Waals surface area (Å²) in [6.45, 7) is 4.22. The number of hydrogen-bond acceptors (Lipinski definition) is 7. The van der Waals surface area contributed by atoms with Gasteiger partial charge in [-0.05, 0) is 18.9 Å². The predicted octanol–water partition coefficient (Wildman–Crippen LogP) is 1.46. The molecule has 9 nitrogen and oxygen atoms in total. The fourth-order valence-corrected chi connectivity index (χ4v) is 4.87. The number of nitrogens with zero attached hydrogens (tertiary/aromatic N) is 4. The van der Waals surface area contributed by atoms with E-state index in [1.165, 1.54) is 27.2 Å². The Morgan fingerprint density at radius 2 is 1.89 bits per heavy atom. The van der Waals surface area contributed by atoms with Gasteiger partial charge < -0.3 is 14.8 Å². The van der Waals surface area contributed by atoms with Crippen LogP contribution in [0.1, 0.15) is 51.2 Å². The standard InChI is InChI=1S/C17H25N5O4S.ClH/c1-3-22(4-2)27(24,25)13-7-8-15(23)21(11-13)12-14-19-16(20-26-14)17(18)9-5-6-10-17;/h7-8,11H,3-6,9-10,12,18H2,1-2H3;1H. The first-order valence-electron chi connectivity index (χ1n) is 9.13. The summed E-state index contributed by atoms with van der Waals surface area (Å²) >= 11 is 0. The number of rotatable bonds is 7. The van der Waals surface area contributed by atoms with E-state index in [1.807, 2.05) is 0 Å². The van der Waals surface area contributed by atoms with Crippen LogP contribution in [0.15, 0.2) is 32.5 Å². The number of hydrogen-bond donors (Lipinski definition) is 1. The number of halogens is 1. The molecule has 1 aliphatic carbocycles. The molecule has 11 heteroatoms. The third kappa shape index (κ3) is 4.29. The molecule has 1 aliphatic rings. The molecular weight excluding hydrogens is 406 g/mol. The van der Waals surface area contributed by atoms with E-state index in [9.17, 15) is 13.2 Å². The summed E-state index contributed by atoms with van der Waals surface area (Å²) < 4.78 is 33.2. The van der Waals surface area contributed by atoms with Gasteiger partial charge in [0.1, 0.15) is 6.54 Å². The predicted molar refractivity (Wildman–Crippen MR) is 106 cm³/mol. The van der Waals surface area contributed by atoms with E-state index >= 15 is 0 Å². The average Bonchev–Trinajstić information content (AvgIpc) is 3.28. The smallest absolute Gasteiger partial charge is 0.251 e. The molecule has 0 atom stereocenters. The van der Waals surface area contributed by atoms with Crippen LogP contribution >= 0.6 is 12.4 Å². The molecule has 1 saturated carbocycles. The first kappa shape index (κ1) is 22.5. The van der Waals surface area contributed by atoms with E-state index in [2.05, 4.69) is 10.1 Å². The zero-order valence-electron chi connectivity index (χ0n) is 16.0. The van der Waals surface area contributed by atoms with Crippen molar-refractivity contribution in [1.29, 1.82) is 0 Å². The molecule has 2 heterocycles. The van der Waals surface area contributed by atoms with E-state index in [0.29, 0.717) is 18.9 Å². The highest BCUT2D eigenvalue weighted by molar-refractivity contribution is 7.89.